The van der Waals surface area contributed by atoms with Crippen molar-refractivity contribution in [3.8, 4) is 0 Å². The van der Waals surface area contributed by atoms with Gasteiger partial charge in [0.1, 0.15) is 0 Å². The van der Waals surface area contributed by atoms with Crippen LogP contribution in [0, 0.1) is 0 Å². The minimum absolute atomic E-state index is 0.632. The Balaban J connectivity index is 2.19. The third-order valence-electron chi connectivity index (χ3n) is 4.43. The van der Waals surface area contributed by atoms with E-state index in [9.17, 15) is 0 Å². The van der Waals surface area contributed by atoms with Gasteiger partial charge in [-0.05, 0) is 18.9 Å². The first kappa shape index (κ1) is 18.3. The molecule has 1 unspecified atom stereocenters. The molecule has 0 fully saturated rings. The molecular formula is C19H36N2. The van der Waals surface area contributed by atoms with Gasteiger partial charge in [0.15, 0.2) is 0 Å². The molecule has 0 amide bonds. The highest BCUT2D eigenvalue weighted by Crippen LogP contribution is 2.22. The molecule has 0 saturated heterocycles. The fraction of sp³-hybridized carbons (Fsp3) is 0.842. The first-order valence-corrected chi connectivity index (χ1v) is 9.37. The van der Waals surface area contributed by atoms with Gasteiger partial charge in [0, 0.05) is 12.4 Å². The smallest absolute Gasteiger partial charge is 0.0519 e. The van der Waals surface area contributed by atoms with Crippen LogP contribution in [0.2, 0.25) is 0 Å². The van der Waals surface area contributed by atoms with Gasteiger partial charge in [-0.15, -0.1) is 0 Å². The van der Waals surface area contributed by atoms with Gasteiger partial charge in [-0.1, -0.05) is 84.5 Å². The summed E-state index contributed by atoms with van der Waals surface area (Å²) in [5, 5.41) is 4.48. The monoisotopic (exact) mass is 292 g/mol. The predicted octanol–water partition coefficient (Wildman–Crippen LogP) is 6.54. The summed E-state index contributed by atoms with van der Waals surface area (Å²) in [6.07, 6.45) is 21.9. The average molecular weight is 293 g/mol. The van der Waals surface area contributed by atoms with E-state index >= 15 is 0 Å². The third-order valence-corrected chi connectivity index (χ3v) is 4.43. The van der Waals surface area contributed by atoms with Crippen molar-refractivity contribution in [1.82, 2.24) is 9.78 Å². The Morgan fingerprint density at radius 3 is 1.76 bits per heavy atom. The molecule has 0 N–H and O–H groups in total. The first-order valence-electron chi connectivity index (χ1n) is 9.37. The summed E-state index contributed by atoms with van der Waals surface area (Å²) in [4.78, 5) is 0. The molecule has 0 aliphatic heterocycles. The quantitative estimate of drug-likeness (QED) is 0.356. The minimum atomic E-state index is 0.632. The second kappa shape index (κ2) is 12.9. The predicted molar refractivity (Wildman–Crippen MR) is 92.6 cm³/mol. The normalized spacial score (nSPS) is 12.7. The largest absolute Gasteiger partial charge is 0.270 e. The third kappa shape index (κ3) is 8.95. The Hall–Kier alpha value is -0.790. The van der Waals surface area contributed by atoms with E-state index < -0.39 is 0 Å². The van der Waals surface area contributed by atoms with Gasteiger partial charge in [-0.2, -0.15) is 5.10 Å². The van der Waals surface area contributed by atoms with E-state index in [1.165, 1.54) is 83.5 Å². The maximum absolute atomic E-state index is 4.48. The van der Waals surface area contributed by atoms with Crippen LogP contribution in [-0.4, -0.2) is 9.78 Å². The number of hydrogen-bond donors (Lipinski definition) is 0. The highest BCUT2D eigenvalue weighted by atomic mass is 15.3. The van der Waals surface area contributed by atoms with Gasteiger partial charge in [0.05, 0.1) is 6.04 Å². The lowest BCUT2D eigenvalue weighted by Crippen LogP contribution is -2.10. The summed E-state index contributed by atoms with van der Waals surface area (Å²) >= 11 is 0. The second-order valence-electron chi connectivity index (χ2n) is 6.40. The van der Waals surface area contributed by atoms with Crippen LogP contribution >= 0.6 is 0 Å². The average Bonchev–Trinajstić information content (AvgIpc) is 3.02. The van der Waals surface area contributed by atoms with Gasteiger partial charge < -0.3 is 0 Å². The minimum Gasteiger partial charge on any atom is -0.270 e. The summed E-state index contributed by atoms with van der Waals surface area (Å²) in [6.45, 7) is 4.57. The van der Waals surface area contributed by atoms with Crippen molar-refractivity contribution in [2.75, 3.05) is 0 Å². The molecule has 2 nitrogen and oxygen atoms in total. The maximum atomic E-state index is 4.48. The number of hydrogen-bond acceptors (Lipinski definition) is 1. The van der Waals surface area contributed by atoms with Crippen LogP contribution in [-0.2, 0) is 0 Å². The molecule has 0 bridgehead atoms. The summed E-state index contributed by atoms with van der Waals surface area (Å²) in [7, 11) is 0. The van der Waals surface area contributed by atoms with E-state index in [1.807, 2.05) is 6.20 Å². The molecule has 21 heavy (non-hydrogen) atoms. The van der Waals surface area contributed by atoms with Gasteiger partial charge in [0.25, 0.3) is 0 Å². The highest BCUT2D eigenvalue weighted by molar-refractivity contribution is 4.81. The van der Waals surface area contributed by atoms with Crippen molar-refractivity contribution in [2.45, 2.75) is 103 Å². The van der Waals surface area contributed by atoms with Crippen molar-refractivity contribution in [1.29, 1.82) is 0 Å². The van der Waals surface area contributed by atoms with E-state index in [1.54, 1.807) is 0 Å². The van der Waals surface area contributed by atoms with Crippen LogP contribution in [0.25, 0.3) is 0 Å². The molecule has 1 rings (SSSR count). The lowest BCUT2D eigenvalue weighted by molar-refractivity contribution is 0.367. The first-order chi connectivity index (χ1) is 10.4. The van der Waals surface area contributed by atoms with Crippen LogP contribution in [0.15, 0.2) is 18.5 Å². The molecule has 0 spiro atoms. The molecule has 1 heterocycles. The van der Waals surface area contributed by atoms with Gasteiger partial charge >= 0.3 is 0 Å². The van der Waals surface area contributed by atoms with Crippen molar-refractivity contribution in [3.05, 3.63) is 18.5 Å². The molecule has 0 aliphatic rings. The van der Waals surface area contributed by atoms with Crippen molar-refractivity contribution < 1.29 is 0 Å². The highest BCUT2D eigenvalue weighted by Gasteiger charge is 2.10. The van der Waals surface area contributed by atoms with Crippen molar-refractivity contribution in [3.63, 3.8) is 0 Å². The second-order valence-corrected chi connectivity index (χ2v) is 6.40. The number of rotatable bonds is 14. The zero-order chi connectivity index (χ0) is 15.2. The zero-order valence-electron chi connectivity index (χ0n) is 14.4. The molecule has 0 aromatic carbocycles. The number of nitrogens with zero attached hydrogens (tertiary/aromatic N) is 2. The van der Waals surface area contributed by atoms with Crippen molar-refractivity contribution in [2.24, 2.45) is 0 Å². The van der Waals surface area contributed by atoms with E-state index in [0.29, 0.717) is 6.04 Å². The van der Waals surface area contributed by atoms with Gasteiger partial charge in [0.2, 0.25) is 0 Å². The molecule has 0 saturated carbocycles. The molecule has 1 atom stereocenters. The Labute approximate surface area is 132 Å². The van der Waals surface area contributed by atoms with Gasteiger partial charge in [-0.25, -0.2) is 0 Å². The van der Waals surface area contributed by atoms with E-state index in [2.05, 4.69) is 35.9 Å². The Morgan fingerprint density at radius 1 is 0.762 bits per heavy atom. The van der Waals surface area contributed by atoms with E-state index in [0.717, 1.165) is 0 Å². The summed E-state index contributed by atoms with van der Waals surface area (Å²) in [6, 6.07) is 2.69. The summed E-state index contributed by atoms with van der Waals surface area (Å²) in [5.74, 6) is 0. The van der Waals surface area contributed by atoms with Gasteiger partial charge in [-0.3, -0.25) is 4.68 Å². The van der Waals surface area contributed by atoms with Crippen molar-refractivity contribution >= 4 is 0 Å². The summed E-state index contributed by atoms with van der Waals surface area (Å²) in [5.41, 5.74) is 0. The molecular weight excluding hydrogens is 256 g/mol. The number of unbranched alkanes of at least 4 members (excludes halogenated alkanes) is 9. The molecule has 2 heteroatoms. The zero-order valence-corrected chi connectivity index (χ0v) is 14.4. The molecule has 0 radical (unpaired) electrons. The van der Waals surface area contributed by atoms with Crippen LogP contribution < -0.4 is 0 Å². The number of aromatic nitrogens is 2. The molecule has 1 aromatic heterocycles. The Kier molecular flexibility index (Phi) is 11.2. The SMILES string of the molecule is CCCCCCCCC(CCCCCCC)n1cccn1. The molecule has 122 valence electrons. The topological polar surface area (TPSA) is 17.8 Å². The molecule has 0 aliphatic carbocycles. The standard InChI is InChI=1S/C19H36N2/c1-3-5-7-9-11-13-16-19(21-18-14-17-20-21)15-12-10-8-6-4-2/h14,17-19H,3-13,15-16H2,1-2H3. The van der Waals surface area contributed by atoms with Crippen LogP contribution in [0.5, 0.6) is 0 Å². The maximum Gasteiger partial charge on any atom is 0.0519 e. The fourth-order valence-electron chi connectivity index (χ4n) is 3.05. The van der Waals surface area contributed by atoms with Crippen LogP contribution in [0.3, 0.4) is 0 Å². The lowest BCUT2D eigenvalue weighted by Gasteiger charge is -2.17. The van der Waals surface area contributed by atoms with Crippen LogP contribution in [0.4, 0.5) is 0 Å². The summed E-state index contributed by atoms with van der Waals surface area (Å²) < 4.78 is 2.20. The van der Waals surface area contributed by atoms with E-state index in [4.69, 9.17) is 0 Å². The van der Waals surface area contributed by atoms with E-state index in [-0.39, 0.29) is 0 Å². The Morgan fingerprint density at radius 2 is 1.29 bits per heavy atom. The fourth-order valence-corrected chi connectivity index (χ4v) is 3.05. The van der Waals surface area contributed by atoms with Crippen LogP contribution in [0.1, 0.15) is 103 Å². The Bertz CT molecular complexity index is 305. The molecule has 1 aromatic rings. The lowest BCUT2D eigenvalue weighted by atomic mass is 10.0.